The van der Waals surface area contributed by atoms with Crippen molar-refractivity contribution in [1.29, 1.82) is 0 Å². The van der Waals surface area contributed by atoms with Crippen molar-refractivity contribution in [2.75, 3.05) is 5.73 Å². The molecule has 1 aromatic rings. The van der Waals surface area contributed by atoms with E-state index in [1.165, 1.54) is 37.3 Å². The lowest BCUT2D eigenvalue weighted by Gasteiger charge is -2.23. The van der Waals surface area contributed by atoms with Gasteiger partial charge in [-0.15, -0.1) is 0 Å². The van der Waals surface area contributed by atoms with Gasteiger partial charge in [0.1, 0.15) is 9.64 Å². The van der Waals surface area contributed by atoms with Crippen LogP contribution < -0.4 is 5.73 Å². The van der Waals surface area contributed by atoms with Crippen LogP contribution in [0, 0.1) is 0 Å². The van der Waals surface area contributed by atoms with Crippen LogP contribution in [0.5, 0.6) is 0 Å². The van der Waals surface area contributed by atoms with Crippen LogP contribution in [0.25, 0.3) is 0 Å². The van der Waals surface area contributed by atoms with Gasteiger partial charge in [0.15, 0.2) is 0 Å². The first-order chi connectivity index (χ1) is 10.9. The molecule has 0 radical (unpaired) electrons. The summed E-state index contributed by atoms with van der Waals surface area (Å²) in [6.45, 7) is 1.36. The van der Waals surface area contributed by atoms with Gasteiger partial charge in [0, 0.05) is 0 Å². The van der Waals surface area contributed by atoms with Crippen LogP contribution in [0.4, 0.5) is 11.4 Å². The minimum absolute atomic E-state index is 0.00862. The zero-order valence-corrected chi connectivity index (χ0v) is 14.1. The number of azo groups is 1. The van der Waals surface area contributed by atoms with Gasteiger partial charge in [-0.3, -0.25) is 9.11 Å². The number of benzene rings is 1. The summed E-state index contributed by atoms with van der Waals surface area (Å²) in [4.78, 5) is -0.480. The number of hydrogen-bond donors (Lipinski definition) is 3. The Kier molecular flexibility index (Phi) is 4.63. The van der Waals surface area contributed by atoms with E-state index >= 15 is 0 Å². The summed E-state index contributed by atoms with van der Waals surface area (Å²) in [5.41, 5.74) is 5.81. The Morgan fingerprint density at radius 1 is 1.17 bits per heavy atom. The second-order valence-electron chi connectivity index (χ2n) is 5.35. The smallest absolute Gasteiger partial charge is 0.296 e. The summed E-state index contributed by atoms with van der Waals surface area (Å²) in [5.74, 6) is 0. The molecule has 0 spiro atoms. The van der Waals surface area contributed by atoms with Gasteiger partial charge in [-0.05, 0) is 37.6 Å². The van der Waals surface area contributed by atoms with Crippen LogP contribution in [0.15, 0.2) is 57.2 Å². The fraction of sp³-hybridized carbons (Fsp3) is 0.231. The maximum Gasteiger partial charge on any atom is 0.296 e. The molecule has 0 bridgehead atoms. The molecule has 0 unspecified atom stereocenters. The lowest BCUT2D eigenvalue weighted by Crippen LogP contribution is -2.33. The highest BCUT2D eigenvalue weighted by molar-refractivity contribution is 7.87. The standard InChI is InChI=1S/C13H15N3O6S2/c1-13(24(20,21)22)6-4-9(5-7-13)15-16-10-2-3-11(14)12(8-10)23(17,18)19/h2-6,8H,7,14H2,1H3,(H,17,18,19)(H,20,21,22)/t13-/m0/s1. The first-order valence-electron chi connectivity index (χ1n) is 6.58. The molecule has 0 aliphatic heterocycles. The molecular weight excluding hydrogens is 358 g/mol. The van der Waals surface area contributed by atoms with Gasteiger partial charge in [-0.1, -0.05) is 12.2 Å². The second-order valence-corrected chi connectivity index (χ2v) is 8.62. The molecule has 9 nitrogen and oxygen atoms in total. The highest BCUT2D eigenvalue weighted by Crippen LogP contribution is 2.29. The van der Waals surface area contributed by atoms with Crippen LogP contribution in [-0.2, 0) is 20.2 Å². The van der Waals surface area contributed by atoms with Crippen LogP contribution in [0.2, 0.25) is 0 Å². The molecule has 4 N–H and O–H groups in total. The lowest BCUT2D eigenvalue weighted by molar-refractivity contribution is 0.452. The van der Waals surface area contributed by atoms with Crippen molar-refractivity contribution < 1.29 is 25.9 Å². The molecule has 0 heterocycles. The van der Waals surface area contributed by atoms with Crippen molar-refractivity contribution in [2.45, 2.75) is 23.0 Å². The summed E-state index contributed by atoms with van der Waals surface area (Å²) in [5, 5.41) is 7.68. The first-order valence-corrected chi connectivity index (χ1v) is 9.46. The van der Waals surface area contributed by atoms with Crippen LogP contribution in [0.3, 0.4) is 0 Å². The Bertz CT molecular complexity index is 963. The Hall–Kier alpha value is -2.08. The molecule has 2 rings (SSSR count). The Labute approximate surface area is 139 Å². The SMILES string of the molecule is C[C@]1(S(=O)(=O)O)C=CC(N=Nc2ccc(N)c(S(=O)(=O)O)c2)=CC1. The van der Waals surface area contributed by atoms with Crippen molar-refractivity contribution >= 4 is 31.6 Å². The first kappa shape index (κ1) is 18.3. The summed E-state index contributed by atoms with van der Waals surface area (Å²) in [6, 6.07) is 3.73. The molecule has 0 fully saturated rings. The largest absolute Gasteiger partial charge is 0.398 e. The zero-order valence-electron chi connectivity index (χ0n) is 12.5. The molecular formula is C13H15N3O6S2. The number of hydrogen-bond acceptors (Lipinski definition) is 7. The normalized spacial score (nSPS) is 21.9. The van der Waals surface area contributed by atoms with Crippen molar-refractivity contribution in [3.63, 3.8) is 0 Å². The van der Waals surface area contributed by atoms with Crippen molar-refractivity contribution in [3.8, 4) is 0 Å². The number of anilines is 1. The number of nitrogen functional groups attached to an aromatic ring is 1. The molecule has 0 saturated heterocycles. The predicted molar refractivity (Wildman–Crippen MR) is 87.0 cm³/mol. The predicted octanol–water partition coefficient (Wildman–Crippen LogP) is 2.09. The molecule has 130 valence electrons. The molecule has 11 heteroatoms. The molecule has 1 aliphatic carbocycles. The van der Waals surface area contributed by atoms with E-state index in [0.717, 1.165) is 6.07 Å². The van der Waals surface area contributed by atoms with Gasteiger partial charge in [-0.2, -0.15) is 27.1 Å². The average molecular weight is 373 g/mol. The minimum atomic E-state index is -4.48. The van der Waals surface area contributed by atoms with Crippen molar-refractivity contribution in [2.24, 2.45) is 10.2 Å². The minimum Gasteiger partial charge on any atom is -0.398 e. The summed E-state index contributed by atoms with van der Waals surface area (Å²) in [6.07, 6.45) is 4.15. The molecule has 1 aliphatic rings. The monoisotopic (exact) mass is 373 g/mol. The maximum atomic E-state index is 11.3. The van der Waals surface area contributed by atoms with E-state index in [2.05, 4.69) is 10.2 Å². The van der Waals surface area contributed by atoms with Gasteiger partial charge in [0.2, 0.25) is 0 Å². The summed E-state index contributed by atoms with van der Waals surface area (Å²) >= 11 is 0. The third-order valence-electron chi connectivity index (χ3n) is 3.47. The topological polar surface area (TPSA) is 159 Å². The van der Waals surface area contributed by atoms with E-state index in [1.807, 2.05) is 0 Å². The number of allylic oxidation sites excluding steroid dienone is 2. The quantitative estimate of drug-likeness (QED) is 0.414. The number of nitrogens with zero attached hydrogens (tertiary/aromatic N) is 2. The second kappa shape index (κ2) is 6.09. The zero-order chi connectivity index (χ0) is 18.2. The van der Waals surface area contributed by atoms with Crippen molar-refractivity contribution in [3.05, 3.63) is 42.1 Å². The van der Waals surface area contributed by atoms with E-state index in [1.54, 1.807) is 0 Å². The fourth-order valence-electron chi connectivity index (χ4n) is 1.89. The number of rotatable bonds is 4. The maximum absolute atomic E-state index is 11.3. The highest BCUT2D eigenvalue weighted by atomic mass is 32.2. The third-order valence-corrected chi connectivity index (χ3v) is 5.86. The average Bonchev–Trinajstić information content (AvgIpc) is 2.46. The number of nitrogens with two attached hydrogens (primary N) is 1. The third kappa shape index (κ3) is 3.87. The van der Waals surface area contributed by atoms with Gasteiger partial charge in [0.25, 0.3) is 20.2 Å². The fourth-order valence-corrected chi connectivity index (χ4v) is 3.06. The Balaban J connectivity index is 2.24. The van der Waals surface area contributed by atoms with Crippen LogP contribution in [-0.4, -0.2) is 30.7 Å². The van der Waals surface area contributed by atoms with E-state index in [0.29, 0.717) is 5.70 Å². The van der Waals surface area contributed by atoms with E-state index in [-0.39, 0.29) is 17.8 Å². The van der Waals surface area contributed by atoms with Gasteiger partial charge < -0.3 is 5.73 Å². The summed E-state index contributed by atoms with van der Waals surface area (Å²) < 4.78 is 61.7. The Morgan fingerprint density at radius 3 is 2.33 bits per heavy atom. The van der Waals surface area contributed by atoms with E-state index in [4.69, 9.17) is 10.3 Å². The van der Waals surface area contributed by atoms with Crippen LogP contribution in [0.1, 0.15) is 13.3 Å². The van der Waals surface area contributed by atoms with Gasteiger partial charge in [0.05, 0.1) is 17.1 Å². The van der Waals surface area contributed by atoms with Crippen LogP contribution >= 0.6 is 0 Å². The highest BCUT2D eigenvalue weighted by Gasteiger charge is 2.35. The molecule has 0 aromatic heterocycles. The van der Waals surface area contributed by atoms with Gasteiger partial charge >= 0.3 is 0 Å². The Morgan fingerprint density at radius 2 is 1.83 bits per heavy atom. The molecule has 0 saturated carbocycles. The molecule has 0 amide bonds. The molecule has 1 aromatic carbocycles. The molecule has 24 heavy (non-hydrogen) atoms. The lowest BCUT2D eigenvalue weighted by atomic mass is 10.0. The van der Waals surface area contributed by atoms with E-state index in [9.17, 15) is 21.4 Å². The van der Waals surface area contributed by atoms with E-state index < -0.39 is 29.9 Å². The van der Waals surface area contributed by atoms with Crippen molar-refractivity contribution in [1.82, 2.24) is 0 Å². The van der Waals surface area contributed by atoms with Gasteiger partial charge in [-0.25, -0.2) is 0 Å². The summed E-state index contributed by atoms with van der Waals surface area (Å²) in [7, 11) is -8.74. The molecule has 1 atom stereocenters.